The molecular formula is C20H19FN4O. The van der Waals surface area contributed by atoms with Crippen molar-refractivity contribution in [1.29, 1.82) is 0 Å². The first-order chi connectivity index (χ1) is 12.4. The number of carbonyl (C=O) groups excluding carboxylic acids is 1. The van der Waals surface area contributed by atoms with Crippen molar-refractivity contribution in [3.8, 4) is 0 Å². The number of benzene rings is 2. The Balaban J connectivity index is 1.73. The van der Waals surface area contributed by atoms with E-state index in [4.69, 9.17) is 0 Å². The van der Waals surface area contributed by atoms with Gasteiger partial charge in [-0.2, -0.15) is 0 Å². The Hall–Kier alpha value is -3.28. The molecule has 0 saturated carbocycles. The third kappa shape index (κ3) is 4.03. The number of nitrogens with one attached hydrogen (secondary N) is 2. The van der Waals surface area contributed by atoms with Crippen molar-refractivity contribution in [2.75, 3.05) is 10.6 Å². The predicted octanol–water partition coefficient (Wildman–Crippen LogP) is 4.54. The minimum atomic E-state index is -0.345. The third-order valence-electron chi connectivity index (χ3n) is 3.90. The number of aryl methyl sites for hydroxylation is 3. The Morgan fingerprint density at radius 2 is 1.73 bits per heavy atom. The van der Waals surface area contributed by atoms with Gasteiger partial charge in [-0.1, -0.05) is 23.8 Å². The van der Waals surface area contributed by atoms with Crippen LogP contribution in [0.5, 0.6) is 0 Å². The van der Waals surface area contributed by atoms with E-state index in [0.29, 0.717) is 11.5 Å². The van der Waals surface area contributed by atoms with Crippen LogP contribution in [0.3, 0.4) is 0 Å². The molecule has 0 spiro atoms. The topological polar surface area (TPSA) is 66.9 Å². The first-order valence-corrected chi connectivity index (χ1v) is 8.16. The van der Waals surface area contributed by atoms with Gasteiger partial charge >= 0.3 is 0 Å². The van der Waals surface area contributed by atoms with E-state index in [2.05, 4.69) is 20.6 Å². The second-order valence-electron chi connectivity index (χ2n) is 6.15. The first kappa shape index (κ1) is 17.5. The van der Waals surface area contributed by atoms with Gasteiger partial charge in [0.05, 0.1) is 12.4 Å². The molecule has 1 amide bonds. The minimum Gasteiger partial charge on any atom is -0.339 e. The van der Waals surface area contributed by atoms with Crippen molar-refractivity contribution in [2.45, 2.75) is 20.8 Å². The molecule has 2 N–H and O–H groups in total. The Kier molecular flexibility index (Phi) is 4.93. The van der Waals surface area contributed by atoms with E-state index in [1.165, 1.54) is 24.5 Å². The number of hydrogen-bond donors (Lipinski definition) is 2. The van der Waals surface area contributed by atoms with Crippen LogP contribution in [0.1, 0.15) is 27.2 Å². The van der Waals surface area contributed by atoms with Crippen molar-refractivity contribution in [3.05, 3.63) is 77.0 Å². The lowest BCUT2D eigenvalue weighted by atomic mass is 10.1. The van der Waals surface area contributed by atoms with Gasteiger partial charge in [-0.05, 0) is 50.1 Å². The highest BCUT2D eigenvalue weighted by Gasteiger charge is 2.12. The smallest absolute Gasteiger partial charge is 0.275 e. The lowest BCUT2D eigenvalue weighted by Crippen LogP contribution is -2.16. The average Bonchev–Trinajstić information content (AvgIpc) is 2.58. The lowest BCUT2D eigenvalue weighted by Gasteiger charge is -2.12. The van der Waals surface area contributed by atoms with Gasteiger partial charge in [-0.25, -0.2) is 14.4 Å². The van der Waals surface area contributed by atoms with Crippen LogP contribution >= 0.6 is 0 Å². The molecule has 0 aliphatic heterocycles. The molecule has 0 bridgehead atoms. The maximum Gasteiger partial charge on any atom is 0.275 e. The molecule has 3 rings (SSSR count). The number of rotatable bonds is 4. The van der Waals surface area contributed by atoms with E-state index < -0.39 is 0 Å². The molecule has 6 heteroatoms. The highest BCUT2D eigenvalue weighted by atomic mass is 19.1. The number of hydrogen-bond acceptors (Lipinski definition) is 4. The number of aromatic nitrogens is 2. The van der Waals surface area contributed by atoms with Crippen molar-refractivity contribution in [2.24, 2.45) is 0 Å². The number of anilines is 3. The summed E-state index contributed by atoms with van der Waals surface area (Å²) in [6.45, 7) is 5.92. The monoisotopic (exact) mass is 350 g/mol. The zero-order valence-corrected chi connectivity index (χ0v) is 14.8. The Morgan fingerprint density at radius 1 is 1.00 bits per heavy atom. The normalized spacial score (nSPS) is 10.5. The quantitative estimate of drug-likeness (QED) is 0.725. The zero-order valence-electron chi connectivity index (χ0n) is 14.8. The van der Waals surface area contributed by atoms with Crippen LogP contribution in [0.4, 0.5) is 21.6 Å². The van der Waals surface area contributed by atoms with Crippen LogP contribution in [0.2, 0.25) is 0 Å². The third-order valence-corrected chi connectivity index (χ3v) is 3.90. The van der Waals surface area contributed by atoms with Gasteiger partial charge in [0.2, 0.25) is 0 Å². The van der Waals surface area contributed by atoms with Gasteiger partial charge in [0, 0.05) is 11.4 Å². The summed E-state index contributed by atoms with van der Waals surface area (Å²) in [4.78, 5) is 20.7. The molecule has 0 fully saturated rings. The molecule has 1 aromatic heterocycles. The largest absolute Gasteiger partial charge is 0.339 e. The molecule has 0 aliphatic carbocycles. The van der Waals surface area contributed by atoms with Crippen LogP contribution in [0, 0.1) is 26.6 Å². The summed E-state index contributed by atoms with van der Waals surface area (Å²) in [6, 6.07) is 10.1. The molecule has 1 heterocycles. The second kappa shape index (κ2) is 7.31. The van der Waals surface area contributed by atoms with Crippen LogP contribution in [0.25, 0.3) is 0 Å². The number of carbonyl (C=O) groups is 1. The number of halogens is 1. The fourth-order valence-electron chi connectivity index (χ4n) is 2.78. The van der Waals surface area contributed by atoms with Crippen molar-refractivity contribution >= 4 is 23.1 Å². The number of amides is 1. The molecule has 26 heavy (non-hydrogen) atoms. The Bertz CT molecular complexity index is 931. The molecular weight excluding hydrogens is 331 g/mol. The summed E-state index contributed by atoms with van der Waals surface area (Å²) >= 11 is 0. The first-order valence-electron chi connectivity index (χ1n) is 8.16. The molecule has 0 saturated heterocycles. The fraction of sp³-hybridized carbons (Fsp3) is 0.150. The van der Waals surface area contributed by atoms with Gasteiger partial charge < -0.3 is 10.6 Å². The summed E-state index contributed by atoms with van der Waals surface area (Å²) in [7, 11) is 0. The molecule has 0 unspecified atom stereocenters. The van der Waals surface area contributed by atoms with Gasteiger partial charge in [-0.3, -0.25) is 4.79 Å². The molecule has 2 aromatic carbocycles. The van der Waals surface area contributed by atoms with Crippen LogP contribution < -0.4 is 10.6 Å². The summed E-state index contributed by atoms with van der Waals surface area (Å²) in [6.07, 6.45) is 2.82. The molecule has 132 valence electrons. The Labute approximate surface area is 151 Å². The molecule has 0 radical (unpaired) electrons. The van der Waals surface area contributed by atoms with Crippen LogP contribution in [0.15, 0.2) is 48.8 Å². The fourth-order valence-corrected chi connectivity index (χ4v) is 2.78. The molecule has 0 atom stereocenters. The predicted molar refractivity (Wildman–Crippen MR) is 100 cm³/mol. The van der Waals surface area contributed by atoms with Crippen molar-refractivity contribution in [1.82, 2.24) is 9.97 Å². The Morgan fingerprint density at radius 3 is 2.35 bits per heavy atom. The molecule has 0 aliphatic rings. The van der Waals surface area contributed by atoms with Gasteiger partial charge in [-0.15, -0.1) is 0 Å². The van der Waals surface area contributed by atoms with E-state index in [0.717, 1.165) is 22.4 Å². The maximum atomic E-state index is 13.2. The lowest BCUT2D eigenvalue weighted by molar-refractivity contribution is 0.102. The molecule has 3 aromatic rings. The van der Waals surface area contributed by atoms with Gasteiger partial charge in [0.15, 0.2) is 0 Å². The summed E-state index contributed by atoms with van der Waals surface area (Å²) in [5.41, 5.74) is 4.67. The van der Waals surface area contributed by atoms with Crippen LogP contribution in [-0.4, -0.2) is 15.9 Å². The number of nitrogens with zero attached hydrogens (tertiary/aromatic N) is 2. The SMILES string of the molecule is Cc1cc(C)c(NC(=O)c2cnc(Nc3cccc(F)c3)cn2)c(C)c1. The van der Waals surface area contributed by atoms with E-state index >= 15 is 0 Å². The van der Waals surface area contributed by atoms with Crippen molar-refractivity contribution in [3.63, 3.8) is 0 Å². The maximum absolute atomic E-state index is 13.2. The van der Waals surface area contributed by atoms with Crippen LogP contribution in [-0.2, 0) is 0 Å². The summed E-state index contributed by atoms with van der Waals surface area (Å²) in [5.74, 6) is -0.248. The van der Waals surface area contributed by atoms with E-state index in [9.17, 15) is 9.18 Å². The highest BCUT2D eigenvalue weighted by molar-refractivity contribution is 6.03. The zero-order chi connectivity index (χ0) is 18.7. The highest BCUT2D eigenvalue weighted by Crippen LogP contribution is 2.22. The van der Waals surface area contributed by atoms with Gasteiger partial charge in [0.1, 0.15) is 17.3 Å². The average molecular weight is 350 g/mol. The summed E-state index contributed by atoms with van der Waals surface area (Å²) < 4.78 is 13.2. The second-order valence-corrected chi connectivity index (χ2v) is 6.15. The van der Waals surface area contributed by atoms with Gasteiger partial charge in [0.25, 0.3) is 5.91 Å². The minimum absolute atomic E-state index is 0.203. The summed E-state index contributed by atoms with van der Waals surface area (Å²) in [5, 5.41) is 5.83. The van der Waals surface area contributed by atoms with E-state index in [1.807, 2.05) is 32.9 Å². The molecule has 5 nitrogen and oxygen atoms in total. The van der Waals surface area contributed by atoms with Crippen molar-refractivity contribution < 1.29 is 9.18 Å². The van der Waals surface area contributed by atoms with E-state index in [-0.39, 0.29) is 17.4 Å². The standard InChI is InChI=1S/C20H19FN4O/c1-12-7-13(2)19(14(3)8-12)25-20(26)17-10-23-18(11-22-17)24-16-6-4-5-15(21)9-16/h4-11H,1-3H3,(H,23,24)(H,25,26). The van der Waals surface area contributed by atoms with E-state index in [1.54, 1.807) is 12.1 Å².